The molecule has 3 N–H and O–H groups in total. The molecule has 1 aliphatic rings. The molecule has 1 aliphatic heterocycles. The second kappa shape index (κ2) is 3.68. The van der Waals surface area contributed by atoms with Gasteiger partial charge >= 0.3 is 0 Å². The van der Waals surface area contributed by atoms with Crippen molar-refractivity contribution < 1.29 is 15.0 Å². The van der Waals surface area contributed by atoms with E-state index in [-0.39, 0.29) is 23.4 Å². The summed E-state index contributed by atoms with van der Waals surface area (Å²) in [5.74, 6) is -0.405. The average molecular weight is 222 g/mol. The first-order valence-corrected chi connectivity index (χ1v) is 5.04. The molecule has 0 aliphatic carbocycles. The Balaban J connectivity index is 2.50. The second-order valence-electron chi connectivity index (χ2n) is 3.91. The SMILES string of the molecule is CN[C@@H]1Cc2cc(O)c(O)cc2N(C)C1=O. The quantitative estimate of drug-likeness (QED) is 0.594. The minimum atomic E-state index is -0.276. The number of hydrogen-bond donors (Lipinski definition) is 3. The van der Waals surface area contributed by atoms with Crippen molar-refractivity contribution in [2.45, 2.75) is 12.5 Å². The van der Waals surface area contributed by atoms with Gasteiger partial charge in [-0.15, -0.1) is 0 Å². The summed E-state index contributed by atoms with van der Waals surface area (Å²) >= 11 is 0. The lowest BCUT2D eigenvalue weighted by Crippen LogP contribution is -2.48. The molecule has 1 aromatic rings. The van der Waals surface area contributed by atoms with Crippen LogP contribution >= 0.6 is 0 Å². The van der Waals surface area contributed by atoms with Gasteiger partial charge < -0.3 is 20.4 Å². The van der Waals surface area contributed by atoms with Gasteiger partial charge in [0, 0.05) is 13.1 Å². The summed E-state index contributed by atoms with van der Waals surface area (Å²) in [6.07, 6.45) is 0.517. The van der Waals surface area contributed by atoms with Crippen molar-refractivity contribution in [2.24, 2.45) is 0 Å². The van der Waals surface area contributed by atoms with Crippen LogP contribution < -0.4 is 10.2 Å². The molecule has 5 heteroatoms. The highest BCUT2D eigenvalue weighted by atomic mass is 16.3. The van der Waals surface area contributed by atoms with Gasteiger partial charge in [0.15, 0.2) is 11.5 Å². The second-order valence-corrected chi connectivity index (χ2v) is 3.91. The number of rotatable bonds is 1. The summed E-state index contributed by atoms with van der Waals surface area (Å²) in [7, 11) is 3.38. The van der Waals surface area contributed by atoms with E-state index in [1.807, 2.05) is 0 Å². The molecule has 2 rings (SSSR count). The predicted octanol–water partition coefficient (Wildman–Crippen LogP) is 0.205. The largest absolute Gasteiger partial charge is 0.504 e. The highest BCUT2D eigenvalue weighted by molar-refractivity contribution is 6.00. The zero-order valence-corrected chi connectivity index (χ0v) is 9.19. The molecule has 1 heterocycles. The molecule has 0 saturated heterocycles. The first-order valence-electron chi connectivity index (χ1n) is 5.04. The minimum absolute atomic E-state index is 0.0416. The number of fused-ring (bicyclic) bond motifs is 1. The zero-order chi connectivity index (χ0) is 11.9. The molecule has 0 aromatic heterocycles. The lowest BCUT2D eigenvalue weighted by atomic mass is 9.97. The van der Waals surface area contributed by atoms with Gasteiger partial charge in [-0.1, -0.05) is 0 Å². The molecular formula is C11H14N2O3. The lowest BCUT2D eigenvalue weighted by molar-refractivity contribution is -0.120. The van der Waals surface area contributed by atoms with E-state index in [1.54, 1.807) is 14.1 Å². The number of carbonyl (C=O) groups excluding carboxylic acids is 1. The van der Waals surface area contributed by atoms with Crippen LogP contribution in [-0.4, -0.2) is 36.3 Å². The lowest BCUT2D eigenvalue weighted by Gasteiger charge is -2.31. The van der Waals surface area contributed by atoms with E-state index >= 15 is 0 Å². The van der Waals surface area contributed by atoms with Crippen LogP contribution in [0.3, 0.4) is 0 Å². The van der Waals surface area contributed by atoms with E-state index in [0.29, 0.717) is 12.1 Å². The molecule has 16 heavy (non-hydrogen) atoms. The fraction of sp³-hybridized carbons (Fsp3) is 0.364. The molecule has 0 bridgehead atoms. The number of nitrogens with one attached hydrogen (secondary N) is 1. The van der Waals surface area contributed by atoms with Crippen molar-refractivity contribution in [3.63, 3.8) is 0 Å². The Labute approximate surface area is 93.3 Å². The summed E-state index contributed by atoms with van der Waals surface area (Å²) in [4.78, 5) is 13.3. The minimum Gasteiger partial charge on any atom is -0.504 e. The van der Waals surface area contributed by atoms with Crippen LogP contribution in [0.1, 0.15) is 5.56 Å². The first-order chi connectivity index (χ1) is 7.54. The molecule has 86 valence electrons. The molecule has 0 saturated carbocycles. The van der Waals surface area contributed by atoms with Crippen LogP contribution in [0.2, 0.25) is 0 Å². The number of phenols is 2. The monoisotopic (exact) mass is 222 g/mol. The molecule has 0 fully saturated rings. The Kier molecular flexibility index (Phi) is 2.47. The number of aromatic hydroxyl groups is 2. The van der Waals surface area contributed by atoms with Crippen LogP contribution in [0.15, 0.2) is 12.1 Å². The molecule has 0 spiro atoms. The number of anilines is 1. The van der Waals surface area contributed by atoms with Crippen LogP contribution in [0.4, 0.5) is 5.69 Å². The van der Waals surface area contributed by atoms with Crippen molar-refractivity contribution in [3.05, 3.63) is 17.7 Å². The molecule has 0 radical (unpaired) electrons. The van der Waals surface area contributed by atoms with Gasteiger partial charge in [0.05, 0.1) is 11.7 Å². The number of likely N-dealkylation sites (N-methyl/N-ethyl adjacent to an activating group) is 2. The maximum Gasteiger partial charge on any atom is 0.244 e. The summed E-state index contributed by atoms with van der Waals surface area (Å²) in [6, 6.07) is 2.63. The number of benzene rings is 1. The summed E-state index contributed by atoms with van der Waals surface area (Å²) in [5.41, 5.74) is 1.49. The number of hydrogen-bond acceptors (Lipinski definition) is 4. The molecule has 1 aromatic carbocycles. The van der Waals surface area contributed by atoms with Gasteiger partial charge in [-0.25, -0.2) is 0 Å². The fourth-order valence-electron chi connectivity index (χ4n) is 1.97. The fourth-order valence-corrected chi connectivity index (χ4v) is 1.97. The van der Waals surface area contributed by atoms with E-state index in [9.17, 15) is 15.0 Å². The Morgan fingerprint density at radius 3 is 2.62 bits per heavy atom. The van der Waals surface area contributed by atoms with Crippen molar-refractivity contribution >= 4 is 11.6 Å². The highest BCUT2D eigenvalue weighted by Gasteiger charge is 2.30. The third kappa shape index (κ3) is 1.49. The number of nitrogens with zero attached hydrogens (tertiary/aromatic N) is 1. The van der Waals surface area contributed by atoms with E-state index in [1.165, 1.54) is 17.0 Å². The summed E-state index contributed by atoms with van der Waals surface area (Å²) < 4.78 is 0. The Morgan fingerprint density at radius 2 is 2.00 bits per heavy atom. The van der Waals surface area contributed by atoms with Crippen LogP contribution in [0, 0.1) is 0 Å². The van der Waals surface area contributed by atoms with Crippen molar-refractivity contribution in [3.8, 4) is 11.5 Å². The molecule has 0 unspecified atom stereocenters. The third-order valence-corrected chi connectivity index (χ3v) is 2.94. The third-order valence-electron chi connectivity index (χ3n) is 2.94. The van der Waals surface area contributed by atoms with Gasteiger partial charge in [0.2, 0.25) is 5.91 Å². The summed E-state index contributed by atoms with van der Waals surface area (Å²) in [6.45, 7) is 0. The van der Waals surface area contributed by atoms with Gasteiger partial charge in [0.1, 0.15) is 0 Å². The van der Waals surface area contributed by atoms with Gasteiger partial charge in [0.25, 0.3) is 0 Å². The Hall–Kier alpha value is -1.75. The maximum absolute atomic E-state index is 11.8. The van der Waals surface area contributed by atoms with Crippen molar-refractivity contribution in [1.29, 1.82) is 0 Å². The highest BCUT2D eigenvalue weighted by Crippen LogP contribution is 2.36. The van der Waals surface area contributed by atoms with E-state index in [0.717, 1.165) is 5.56 Å². The van der Waals surface area contributed by atoms with Crippen LogP contribution in [0.25, 0.3) is 0 Å². The van der Waals surface area contributed by atoms with Crippen LogP contribution in [-0.2, 0) is 11.2 Å². The van der Waals surface area contributed by atoms with Gasteiger partial charge in [-0.05, 0) is 25.1 Å². The Bertz CT molecular complexity index is 445. The van der Waals surface area contributed by atoms with Crippen LogP contribution in [0.5, 0.6) is 11.5 Å². The van der Waals surface area contributed by atoms with E-state index < -0.39 is 0 Å². The molecule has 5 nitrogen and oxygen atoms in total. The van der Waals surface area contributed by atoms with Crippen molar-refractivity contribution in [2.75, 3.05) is 19.0 Å². The van der Waals surface area contributed by atoms with Gasteiger partial charge in [-0.2, -0.15) is 0 Å². The molecular weight excluding hydrogens is 208 g/mol. The summed E-state index contributed by atoms with van der Waals surface area (Å²) in [5, 5.41) is 21.7. The number of carbonyl (C=O) groups is 1. The molecule has 1 atom stereocenters. The van der Waals surface area contributed by atoms with E-state index in [4.69, 9.17) is 0 Å². The molecule has 1 amide bonds. The zero-order valence-electron chi connectivity index (χ0n) is 9.19. The standard InChI is InChI=1S/C11H14N2O3/c1-12-7-3-6-4-9(14)10(15)5-8(6)13(2)11(7)16/h4-5,7,12,14-15H,3H2,1-2H3/t7-/m1/s1. The predicted molar refractivity (Wildman–Crippen MR) is 59.7 cm³/mol. The van der Waals surface area contributed by atoms with Gasteiger partial charge in [-0.3, -0.25) is 4.79 Å². The average Bonchev–Trinajstić information content (AvgIpc) is 2.26. The maximum atomic E-state index is 11.8. The first kappa shape index (κ1) is 10.8. The Morgan fingerprint density at radius 1 is 1.38 bits per heavy atom. The topological polar surface area (TPSA) is 72.8 Å². The number of amides is 1. The van der Waals surface area contributed by atoms with Crippen molar-refractivity contribution in [1.82, 2.24) is 5.32 Å². The number of phenolic OH excluding ortho intramolecular Hbond substituents is 2. The van der Waals surface area contributed by atoms with E-state index in [2.05, 4.69) is 5.32 Å². The normalized spacial score (nSPS) is 19.8. The smallest absolute Gasteiger partial charge is 0.244 e.